The van der Waals surface area contributed by atoms with E-state index in [0.29, 0.717) is 0 Å². The van der Waals surface area contributed by atoms with Gasteiger partial charge in [-0.15, -0.1) is 0 Å². The van der Waals surface area contributed by atoms with Crippen molar-refractivity contribution in [2.75, 3.05) is 7.11 Å². The molecule has 0 bridgehead atoms. The van der Waals surface area contributed by atoms with Crippen molar-refractivity contribution in [2.24, 2.45) is 5.73 Å². The zero-order chi connectivity index (χ0) is 14.0. The number of carboxylic acids is 1. The van der Waals surface area contributed by atoms with E-state index in [-0.39, 0.29) is 17.1 Å². The zero-order valence-electron chi connectivity index (χ0n) is 11.0. The monoisotopic (exact) mass is 265 g/mol. The Labute approximate surface area is 112 Å². The van der Waals surface area contributed by atoms with Gasteiger partial charge in [-0.2, -0.15) is 0 Å². The Morgan fingerprint density at radius 1 is 1.32 bits per heavy atom. The predicted octanol–water partition coefficient (Wildman–Crippen LogP) is 2.22. The average molecular weight is 265 g/mol. The van der Waals surface area contributed by atoms with E-state index in [4.69, 9.17) is 15.6 Å². The van der Waals surface area contributed by atoms with E-state index in [1.165, 1.54) is 13.2 Å². The summed E-state index contributed by atoms with van der Waals surface area (Å²) in [7, 11) is 1.40. The largest absolute Gasteiger partial charge is 0.504 e. The highest BCUT2D eigenvalue weighted by atomic mass is 16.5. The molecular formula is C14H19NO4. The van der Waals surface area contributed by atoms with E-state index in [2.05, 4.69) is 0 Å². The summed E-state index contributed by atoms with van der Waals surface area (Å²) >= 11 is 0. The highest BCUT2D eigenvalue weighted by Gasteiger charge is 2.31. The molecule has 4 N–H and O–H groups in total. The Morgan fingerprint density at radius 3 is 2.47 bits per heavy atom. The molecule has 0 heterocycles. The van der Waals surface area contributed by atoms with Crippen LogP contribution in [0.15, 0.2) is 12.1 Å². The van der Waals surface area contributed by atoms with Crippen molar-refractivity contribution in [1.29, 1.82) is 0 Å². The molecule has 104 valence electrons. The lowest BCUT2D eigenvalue weighted by Gasteiger charge is -2.34. The SMILES string of the molecule is COc1cc(C2(N)CCCCC2)cc(C(=O)O)c1O. The minimum Gasteiger partial charge on any atom is -0.504 e. The number of ether oxygens (including phenoxy) is 1. The molecule has 1 fully saturated rings. The van der Waals surface area contributed by atoms with E-state index >= 15 is 0 Å². The van der Waals surface area contributed by atoms with Gasteiger partial charge in [0, 0.05) is 5.54 Å². The summed E-state index contributed by atoms with van der Waals surface area (Å²) in [6, 6.07) is 3.11. The molecule has 1 aliphatic rings. The lowest BCUT2D eigenvalue weighted by molar-refractivity contribution is 0.0692. The molecule has 1 aromatic carbocycles. The number of rotatable bonds is 3. The highest BCUT2D eigenvalue weighted by molar-refractivity contribution is 5.92. The van der Waals surface area contributed by atoms with E-state index < -0.39 is 11.5 Å². The Hall–Kier alpha value is -1.75. The summed E-state index contributed by atoms with van der Waals surface area (Å²) in [5.41, 5.74) is 6.43. The number of benzene rings is 1. The first-order chi connectivity index (χ1) is 8.98. The number of nitrogens with two attached hydrogens (primary N) is 1. The van der Waals surface area contributed by atoms with Gasteiger partial charge >= 0.3 is 5.97 Å². The summed E-state index contributed by atoms with van der Waals surface area (Å²) in [6.07, 6.45) is 4.85. The normalized spacial score (nSPS) is 18.0. The van der Waals surface area contributed by atoms with Gasteiger partial charge in [-0.25, -0.2) is 4.79 Å². The van der Waals surface area contributed by atoms with Gasteiger partial charge < -0.3 is 20.7 Å². The molecule has 5 heteroatoms. The molecule has 0 spiro atoms. The molecule has 19 heavy (non-hydrogen) atoms. The average Bonchev–Trinajstić information content (AvgIpc) is 2.39. The van der Waals surface area contributed by atoms with Gasteiger partial charge in [-0.05, 0) is 30.5 Å². The van der Waals surface area contributed by atoms with Crippen LogP contribution in [0.4, 0.5) is 0 Å². The number of aromatic carboxylic acids is 1. The third kappa shape index (κ3) is 2.51. The van der Waals surface area contributed by atoms with Crippen LogP contribution in [-0.2, 0) is 5.54 Å². The van der Waals surface area contributed by atoms with Crippen molar-refractivity contribution in [3.05, 3.63) is 23.3 Å². The van der Waals surface area contributed by atoms with Gasteiger partial charge in [0.05, 0.1) is 7.11 Å². The molecule has 0 aromatic heterocycles. The van der Waals surface area contributed by atoms with E-state index in [9.17, 15) is 9.90 Å². The summed E-state index contributed by atoms with van der Waals surface area (Å²) in [5, 5.41) is 19.0. The van der Waals surface area contributed by atoms with Gasteiger partial charge in [0.1, 0.15) is 5.56 Å². The smallest absolute Gasteiger partial charge is 0.339 e. The highest BCUT2D eigenvalue weighted by Crippen LogP contribution is 2.40. The first-order valence-electron chi connectivity index (χ1n) is 6.41. The first-order valence-corrected chi connectivity index (χ1v) is 6.41. The predicted molar refractivity (Wildman–Crippen MR) is 70.6 cm³/mol. The second-order valence-corrected chi connectivity index (χ2v) is 5.10. The topological polar surface area (TPSA) is 92.8 Å². The van der Waals surface area contributed by atoms with Crippen LogP contribution in [0, 0.1) is 0 Å². The Kier molecular flexibility index (Phi) is 3.66. The van der Waals surface area contributed by atoms with E-state index in [1.54, 1.807) is 6.07 Å². The molecule has 1 aromatic rings. The quantitative estimate of drug-likeness (QED) is 0.779. The molecule has 1 saturated carbocycles. The van der Waals surface area contributed by atoms with Crippen LogP contribution in [0.25, 0.3) is 0 Å². The van der Waals surface area contributed by atoms with Crippen molar-refractivity contribution in [2.45, 2.75) is 37.6 Å². The Bertz CT molecular complexity index is 492. The van der Waals surface area contributed by atoms with Crippen LogP contribution < -0.4 is 10.5 Å². The number of methoxy groups -OCH3 is 1. The maximum Gasteiger partial charge on any atom is 0.339 e. The van der Waals surface area contributed by atoms with Gasteiger partial charge in [0.15, 0.2) is 11.5 Å². The van der Waals surface area contributed by atoms with Gasteiger partial charge in [-0.3, -0.25) is 0 Å². The first kappa shape index (κ1) is 13.7. The summed E-state index contributed by atoms with van der Waals surface area (Å²) < 4.78 is 5.04. The molecule has 5 nitrogen and oxygen atoms in total. The molecule has 1 aliphatic carbocycles. The van der Waals surface area contributed by atoms with Crippen molar-refractivity contribution < 1.29 is 19.7 Å². The molecule has 0 unspecified atom stereocenters. The second kappa shape index (κ2) is 5.09. The van der Waals surface area contributed by atoms with E-state index in [0.717, 1.165) is 37.7 Å². The lowest BCUT2D eigenvalue weighted by Crippen LogP contribution is -2.38. The number of carboxylic acid groups (broad SMARTS) is 1. The minimum atomic E-state index is -1.18. The molecule has 2 rings (SSSR count). The van der Waals surface area contributed by atoms with Gasteiger partial charge in [0.2, 0.25) is 0 Å². The molecule has 0 radical (unpaired) electrons. The maximum absolute atomic E-state index is 11.2. The van der Waals surface area contributed by atoms with Gasteiger partial charge in [-0.1, -0.05) is 19.3 Å². The number of hydrogen-bond donors (Lipinski definition) is 3. The van der Waals surface area contributed by atoms with Crippen LogP contribution >= 0.6 is 0 Å². The van der Waals surface area contributed by atoms with Crippen molar-refractivity contribution >= 4 is 5.97 Å². The Balaban J connectivity index is 2.51. The third-order valence-corrected chi connectivity index (χ3v) is 3.85. The van der Waals surface area contributed by atoms with Gasteiger partial charge in [0.25, 0.3) is 0 Å². The van der Waals surface area contributed by atoms with Crippen LogP contribution in [-0.4, -0.2) is 23.3 Å². The Morgan fingerprint density at radius 2 is 1.95 bits per heavy atom. The zero-order valence-corrected chi connectivity index (χ0v) is 11.0. The summed E-state index contributed by atoms with van der Waals surface area (Å²) in [4.78, 5) is 11.2. The molecule has 0 saturated heterocycles. The molecule has 0 aliphatic heterocycles. The molecular weight excluding hydrogens is 246 g/mol. The van der Waals surface area contributed by atoms with Crippen LogP contribution in [0.3, 0.4) is 0 Å². The fourth-order valence-electron chi connectivity index (χ4n) is 2.69. The fourth-order valence-corrected chi connectivity index (χ4v) is 2.69. The van der Waals surface area contributed by atoms with Crippen molar-refractivity contribution in [1.82, 2.24) is 0 Å². The minimum absolute atomic E-state index is 0.158. The lowest BCUT2D eigenvalue weighted by atomic mass is 9.77. The fraction of sp³-hybridized carbons (Fsp3) is 0.500. The summed E-state index contributed by atoms with van der Waals surface area (Å²) in [5.74, 6) is -1.37. The number of hydrogen-bond acceptors (Lipinski definition) is 4. The number of phenols is 1. The maximum atomic E-state index is 11.2. The van der Waals surface area contributed by atoms with E-state index in [1.807, 2.05) is 0 Å². The third-order valence-electron chi connectivity index (χ3n) is 3.85. The van der Waals surface area contributed by atoms with Crippen LogP contribution in [0.5, 0.6) is 11.5 Å². The molecule has 0 atom stereocenters. The molecule has 0 amide bonds. The second-order valence-electron chi connectivity index (χ2n) is 5.10. The van der Waals surface area contributed by atoms with Crippen molar-refractivity contribution in [3.63, 3.8) is 0 Å². The van der Waals surface area contributed by atoms with Crippen LogP contribution in [0.1, 0.15) is 48.0 Å². The van der Waals surface area contributed by atoms with Crippen molar-refractivity contribution in [3.8, 4) is 11.5 Å². The number of carbonyl (C=O) groups is 1. The van der Waals surface area contributed by atoms with Crippen LogP contribution in [0.2, 0.25) is 0 Å². The summed E-state index contributed by atoms with van der Waals surface area (Å²) in [6.45, 7) is 0. The number of aromatic hydroxyl groups is 1. The standard InChI is InChI=1S/C14H19NO4/c1-19-11-8-9(7-10(12(11)16)13(17)18)14(15)5-3-2-4-6-14/h7-8,16H,2-6,15H2,1H3,(H,17,18).